The lowest BCUT2D eigenvalue weighted by Crippen LogP contribution is -2.10. The topological polar surface area (TPSA) is 104 Å². The Labute approximate surface area is 104 Å². The van der Waals surface area contributed by atoms with E-state index in [1.165, 1.54) is 6.20 Å². The average Bonchev–Trinajstić information content (AvgIpc) is 2.41. The van der Waals surface area contributed by atoms with E-state index < -0.39 is 0 Å². The quantitative estimate of drug-likeness (QED) is 0.776. The SMILES string of the molecule is COc1ccc(C(=O)c2ncc(N)c(N)n2)cc1. The number of ketones is 1. The summed E-state index contributed by atoms with van der Waals surface area (Å²) in [6.45, 7) is 0. The van der Waals surface area contributed by atoms with Gasteiger partial charge >= 0.3 is 0 Å². The first kappa shape index (κ1) is 11.8. The highest BCUT2D eigenvalue weighted by molar-refractivity contribution is 6.06. The van der Waals surface area contributed by atoms with Crippen molar-refractivity contribution in [1.82, 2.24) is 9.97 Å². The van der Waals surface area contributed by atoms with Crippen LogP contribution in [0.1, 0.15) is 16.2 Å². The van der Waals surface area contributed by atoms with E-state index in [0.717, 1.165) is 0 Å². The highest BCUT2D eigenvalue weighted by Gasteiger charge is 2.13. The Hall–Kier alpha value is -2.63. The molecular formula is C12H12N4O2. The molecule has 4 N–H and O–H groups in total. The number of nitrogens with zero attached hydrogens (tertiary/aromatic N) is 2. The Morgan fingerprint density at radius 1 is 1.22 bits per heavy atom. The summed E-state index contributed by atoms with van der Waals surface area (Å²) in [7, 11) is 1.56. The third kappa shape index (κ3) is 2.22. The third-order valence-electron chi connectivity index (χ3n) is 2.40. The highest BCUT2D eigenvalue weighted by Crippen LogP contribution is 2.15. The molecule has 0 fully saturated rings. The smallest absolute Gasteiger partial charge is 0.230 e. The van der Waals surface area contributed by atoms with E-state index in [0.29, 0.717) is 11.3 Å². The molecule has 0 aliphatic heterocycles. The van der Waals surface area contributed by atoms with Crippen molar-refractivity contribution in [2.45, 2.75) is 0 Å². The summed E-state index contributed by atoms with van der Waals surface area (Å²) >= 11 is 0. The second-order valence-corrected chi connectivity index (χ2v) is 3.59. The van der Waals surface area contributed by atoms with Gasteiger partial charge in [0.15, 0.2) is 5.82 Å². The number of carbonyl (C=O) groups is 1. The molecule has 0 amide bonds. The minimum Gasteiger partial charge on any atom is -0.497 e. The molecule has 6 heteroatoms. The molecule has 0 atom stereocenters. The van der Waals surface area contributed by atoms with Crippen molar-refractivity contribution in [1.29, 1.82) is 0 Å². The number of ether oxygens (including phenoxy) is 1. The summed E-state index contributed by atoms with van der Waals surface area (Å²) < 4.78 is 5.01. The number of anilines is 2. The van der Waals surface area contributed by atoms with Crippen molar-refractivity contribution in [3.63, 3.8) is 0 Å². The fourth-order valence-corrected chi connectivity index (χ4v) is 1.39. The minimum atomic E-state index is -0.315. The van der Waals surface area contributed by atoms with Crippen LogP contribution in [0.25, 0.3) is 0 Å². The van der Waals surface area contributed by atoms with Crippen molar-refractivity contribution in [2.75, 3.05) is 18.6 Å². The molecule has 1 aromatic heterocycles. The van der Waals surface area contributed by atoms with E-state index >= 15 is 0 Å². The predicted octanol–water partition coefficient (Wildman–Crippen LogP) is 0.881. The van der Waals surface area contributed by atoms with E-state index in [1.54, 1.807) is 31.4 Å². The van der Waals surface area contributed by atoms with Crippen molar-refractivity contribution in [2.24, 2.45) is 0 Å². The summed E-state index contributed by atoms with van der Waals surface area (Å²) in [4.78, 5) is 19.8. The zero-order chi connectivity index (χ0) is 13.1. The molecule has 6 nitrogen and oxygen atoms in total. The van der Waals surface area contributed by atoms with Gasteiger partial charge in [0, 0.05) is 5.56 Å². The summed E-state index contributed by atoms with van der Waals surface area (Å²) in [5.41, 5.74) is 11.7. The molecule has 0 saturated heterocycles. The Bertz CT molecular complexity index is 581. The van der Waals surface area contributed by atoms with Crippen LogP contribution in [0.15, 0.2) is 30.5 Å². The first-order valence-electron chi connectivity index (χ1n) is 5.18. The van der Waals surface area contributed by atoms with Gasteiger partial charge in [-0.2, -0.15) is 0 Å². The van der Waals surface area contributed by atoms with E-state index in [2.05, 4.69) is 9.97 Å². The fraction of sp³-hybridized carbons (Fsp3) is 0.0833. The lowest BCUT2D eigenvalue weighted by Gasteiger charge is -2.03. The highest BCUT2D eigenvalue weighted by atomic mass is 16.5. The average molecular weight is 244 g/mol. The molecule has 18 heavy (non-hydrogen) atoms. The number of nitrogen functional groups attached to an aromatic ring is 2. The van der Waals surface area contributed by atoms with Crippen molar-refractivity contribution in [3.05, 3.63) is 41.9 Å². The molecule has 0 unspecified atom stereocenters. The van der Waals surface area contributed by atoms with Crippen LogP contribution < -0.4 is 16.2 Å². The molecule has 0 aliphatic carbocycles. The Kier molecular flexibility index (Phi) is 3.09. The maximum absolute atomic E-state index is 12.0. The van der Waals surface area contributed by atoms with Crippen LogP contribution in [0.4, 0.5) is 11.5 Å². The van der Waals surface area contributed by atoms with Gasteiger partial charge in [-0.15, -0.1) is 0 Å². The summed E-state index contributed by atoms with van der Waals surface area (Å²) in [5, 5.41) is 0. The number of hydrogen-bond acceptors (Lipinski definition) is 6. The van der Waals surface area contributed by atoms with Crippen LogP contribution in [0, 0.1) is 0 Å². The normalized spacial score (nSPS) is 10.1. The Morgan fingerprint density at radius 2 is 1.89 bits per heavy atom. The molecule has 0 radical (unpaired) electrons. The molecular weight excluding hydrogens is 232 g/mol. The van der Waals surface area contributed by atoms with Crippen LogP contribution in [0.5, 0.6) is 5.75 Å². The van der Waals surface area contributed by atoms with Crippen LogP contribution >= 0.6 is 0 Å². The van der Waals surface area contributed by atoms with Crippen molar-refractivity contribution in [3.8, 4) is 5.75 Å². The number of hydrogen-bond donors (Lipinski definition) is 2. The predicted molar refractivity (Wildman–Crippen MR) is 67.3 cm³/mol. The standard InChI is InChI=1S/C12H12N4O2/c1-18-8-4-2-7(3-5-8)10(17)12-15-6-9(13)11(14)16-12/h2-6H,13H2,1H3,(H2,14,15,16). The maximum Gasteiger partial charge on any atom is 0.230 e. The summed E-state index contributed by atoms with van der Waals surface area (Å²) in [6, 6.07) is 6.65. The molecule has 0 bridgehead atoms. The zero-order valence-electron chi connectivity index (χ0n) is 9.75. The van der Waals surface area contributed by atoms with Gasteiger partial charge < -0.3 is 16.2 Å². The molecule has 0 spiro atoms. The van der Waals surface area contributed by atoms with Crippen LogP contribution in [0.2, 0.25) is 0 Å². The molecule has 1 heterocycles. The summed E-state index contributed by atoms with van der Waals surface area (Å²) in [5.74, 6) is 0.474. The molecule has 2 aromatic rings. The maximum atomic E-state index is 12.0. The first-order valence-corrected chi connectivity index (χ1v) is 5.18. The molecule has 2 rings (SSSR count). The van der Waals surface area contributed by atoms with Gasteiger partial charge in [0.2, 0.25) is 11.6 Å². The number of carbonyl (C=O) groups excluding carboxylic acids is 1. The molecule has 1 aromatic carbocycles. The van der Waals surface area contributed by atoms with E-state index in [4.69, 9.17) is 16.2 Å². The van der Waals surface area contributed by atoms with E-state index in [9.17, 15) is 4.79 Å². The van der Waals surface area contributed by atoms with Gasteiger partial charge in [-0.1, -0.05) is 0 Å². The van der Waals surface area contributed by atoms with E-state index in [1.807, 2.05) is 0 Å². The molecule has 0 aliphatic rings. The zero-order valence-corrected chi connectivity index (χ0v) is 9.75. The second-order valence-electron chi connectivity index (χ2n) is 3.59. The van der Waals surface area contributed by atoms with Gasteiger partial charge in [-0.3, -0.25) is 4.79 Å². The van der Waals surface area contributed by atoms with Gasteiger partial charge in [0.05, 0.1) is 19.0 Å². The van der Waals surface area contributed by atoms with Crippen molar-refractivity contribution >= 4 is 17.3 Å². The Balaban J connectivity index is 2.32. The van der Waals surface area contributed by atoms with Crippen LogP contribution in [0.3, 0.4) is 0 Å². The fourth-order valence-electron chi connectivity index (χ4n) is 1.39. The van der Waals surface area contributed by atoms with Gasteiger partial charge in [-0.25, -0.2) is 9.97 Å². The first-order chi connectivity index (χ1) is 8.61. The number of benzene rings is 1. The van der Waals surface area contributed by atoms with Gasteiger partial charge in [-0.05, 0) is 24.3 Å². The number of aromatic nitrogens is 2. The lowest BCUT2D eigenvalue weighted by molar-refractivity contribution is 0.102. The monoisotopic (exact) mass is 244 g/mol. The van der Waals surface area contributed by atoms with Crippen LogP contribution in [-0.2, 0) is 0 Å². The molecule has 92 valence electrons. The van der Waals surface area contributed by atoms with E-state index in [-0.39, 0.29) is 23.1 Å². The van der Waals surface area contributed by atoms with Crippen LogP contribution in [-0.4, -0.2) is 22.9 Å². The number of methoxy groups -OCH3 is 1. The Morgan fingerprint density at radius 3 is 2.44 bits per heavy atom. The number of rotatable bonds is 3. The second kappa shape index (κ2) is 4.70. The third-order valence-corrected chi connectivity index (χ3v) is 2.40. The number of nitrogens with two attached hydrogens (primary N) is 2. The van der Waals surface area contributed by atoms with Gasteiger partial charge in [0.1, 0.15) is 5.75 Å². The van der Waals surface area contributed by atoms with Crippen molar-refractivity contribution < 1.29 is 9.53 Å². The van der Waals surface area contributed by atoms with Gasteiger partial charge in [0.25, 0.3) is 0 Å². The minimum absolute atomic E-state index is 0.0202. The molecule has 0 saturated carbocycles. The summed E-state index contributed by atoms with van der Waals surface area (Å²) in [6.07, 6.45) is 1.32. The lowest BCUT2D eigenvalue weighted by atomic mass is 10.1. The largest absolute Gasteiger partial charge is 0.497 e.